The molecular formula is C10H14FN5O2. The van der Waals surface area contributed by atoms with Gasteiger partial charge in [0.25, 0.3) is 0 Å². The number of carbonyl (C=O) groups excluding carboxylic acids is 2. The molecule has 0 aromatic carbocycles. The third-order valence-electron chi connectivity index (χ3n) is 2.66. The number of nitrogens with one attached hydrogen (secondary N) is 2. The molecule has 1 aromatic rings. The van der Waals surface area contributed by atoms with E-state index in [1.54, 1.807) is 0 Å². The zero-order valence-electron chi connectivity index (χ0n) is 9.94. The number of amides is 2. The predicted molar refractivity (Wildman–Crippen MR) is 61.2 cm³/mol. The molecule has 7 nitrogen and oxygen atoms in total. The average molecular weight is 255 g/mol. The van der Waals surface area contributed by atoms with Crippen LogP contribution in [0.2, 0.25) is 0 Å². The Bertz CT molecular complexity index is 447. The number of hydrogen-bond acceptors (Lipinski definition) is 4. The van der Waals surface area contributed by atoms with Gasteiger partial charge in [-0.3, -0.25) is 9.59 Å². The van der Waals surface area contributed by atoms with Gasteiger partial charge >= 0.3 is 11.8 Å². The van der Waals surface area contributed by atoms with E-state index in [0.29, 0.717) is 26.2 Å². The molecule has 1 aliphatic rings. The van der Waals surface area contributed by atoms with Gasteiger partial charge in [0.1, 0.15) is 0 Å². The number of anilines is 1. The third kappa shape index (κ3) is 2.65. The van der Waals surface area contributed by atoms with Crippen LogP contribution < -0.4 is 10.6 Å². The Morgan fingerprint density at radius 3 is 2.67 bits per heavy atom. The molecule has 2 amide bonds. The first-order valence-electron chi connectivity index (χ1n) is 5.58. The van der Waals surface area contributed by atoms with Crippen molar-refractivity contribution in [2.45, 2.75) is 0 Å². The normalized spacial score (nSPS) is 15.6. The zero-order chi connectivity index (χ0) is 13.1. The topological polar surface area (TPSA) is 79.3 Å². The van der Waals surface area contributed by atoms with Gasteiger partial charge in [0.15, 0.2) is 5.82 Å². The maximum absolute atomic E-state index is 13.0. The second kappa shape index (κ2) is 5.13. The lowest BCUT2D eigenvalue weighted by Crippen LogP contribution is -2.49. The molecule has 1 fully saturated rings. The molecule has 0 radical (unpaired) electrons. The van der Waals surface area contributed by atoms with Crippen molar-refractivity contribution in [1.82, 2.24) is 20.0 Å². The molecule has 18 heavy (non-hydrogen) atoms. The van der Waals surface area contributed by atoms with Crippen molar-refractivity contribution in [3.63, 3.8) is 0 Å². The van der Waals surface area contributed by atoms with Gasteiger partial charge in [-0.1, -0.05) is 0 Å². The van der Waals surface area contributed by atoms with E-state index in [4.69, 9.17) is 0 Å². The van der Waals surface area contributed by atoms with Crippen LogP contribution in [0.5, 0.6) is 0 Å². The third-order valence-corrected chi connectivity index (χ3v) is 2.66. The van der Waals surface area contributed by atoms with Gasteiger partial charge in [0.05, 0.1) is 0 Å². The van der Waals surface area contributed by atoms with Crippen LogP contribution >= 0.6 is 0 Å². The van der Waals surface area contributed by atoms with Crippen molar-refractivity contribution in [3.05, 3.63) is 12.0 Å². The molecule has 0 unspecified atom stereocenters. The lowest BCUT2D eigenvalue weighted by atomic mass is 10.3. The lowest BCUT2D eigenvalue weighted by Gasteiger charge is -2.26. The molecule has 2 N–H and O–H groups in total. The predicted octanol–water partition coefficient (Wildman–Crippen LogP) is -1.07. The summed E-state index contributed by atoms with van der Waals surface area (Å²) in [5.74, 6) is -1.97. The van der Waals surface area contributed by atoms with E-state index in [1.807, 2.05) is 0 Å². The van der Waals surface area contributed by atoms with Crippen molar-refractivity contribution in [2.75, 3.05) is 31.5 Å². The highest BCUT2D eigenvalue weighted by Gasteiger charge is 2.23. The summed E-state index contributed by atoms with van der Waals surface area (Å²) >= 11 is 0. The van der Waals surface area contributed by atoms with Gasteiger partial charge < -0.3 is 15.5 Å². The summed E-state index contributed by atoms with van der Waals surface area (Å²) in [6, 6.07) is 1.06. The second-order valence-corrected chi connectivity index (χ2v) is 3.97. The molecule has 0 aliphatic carbocycles. The van der Waals surface area contributed by atoms with E-state index >= 15 is 0 Å². The van der Waals surface area contributed by atoms with E-state index in [1.165, 1.54) is 11.9 Å². The summed E-state index contributed by atoms with van der Waals surface area (Å²) in [6.45, 7) is 2.31. The number of nitrogens with zero attached hydrogens (tertiary/aromatic N) is 3. The fraction of sp³-hybridized carbons (Fsp3) is 0.500. The number of hydrogen-bond donors (Lipinski definition) is 2. The smallest absolute Gasteiger partial charge is 0.315 e. The van der Waals surface area contributed by atoms with E-state index in [9.17, 15) is 14.0 Å². The fourth-order valence-corrected chi connectivity index (χ4v) is 1.69. The van der Waals surface area contributed by atoms with Gasteiger partial charge in [0, 0.05) is 39.3 Å². The Kier molecular flexibility index (Phi) is 3.56. The highest BCUT2D eigenvalue weighted by atomic mass is 19.1. The number of halogens is 1. The van der Waals surface area contributed by atoms with Crippen LogP contribution in [-0.2, 0) is 16.6 Å². The van der Waals surface area contributed by atoms with Crippen molar-refractivity contribution in [1.29, 1.82) is 0 Å². The van der Waals surface area contributed by atoms with Crippen LogP contribution in [-0.4, -0.2) is 52.7 Å². The molecule has 1 aliphatic heterocycles. The Morgan fingerprint density at radius 1 is 1.44 bits per heavy atom. The first-order valence-corrected chi connectivity index (χ1v) is 5.58. The van der Waals surface area contributed by atoms with Crippen LogP contribution in [0, 0.1) is 5.95 Å². The van der Waals surface area contributed by atoms with E-state index in [-0.39, 0.29) is 5.82 Å². The Balaban J connectivity index is 1.96. The Morgan fingerprint density at radius 2 is 2.11 bits per heavy atom. The highest BCUT2D eigenvalue weighted by molar-refractivity contribution is 6.39. The summed E-state index contributed by atoms with van der Waals surface area (Å²) in [6.07, 6.45) is 0. The van der Waals surface area contributed by atoms with E-state index in [0.717, 1.165) is 10.7 Å². The number of piperazine rings is 1. The standard InChI is InChI=1S/C10H14FN5O2/c1-15-7(11)6-8(14-15)13-9(17)10(18)16-4-2-12-3-5-16/h6,12H,2-5H2,1H3,(H,13,14,17). The minimum Gasteiger partial charge on any atom is -0.332 e. The summed E-state index contributed by atoms with van der Waals surface area (Å²) in [7, 11) is 1.41. The minimum atomic E-state index is -0.796. The lowest BCUT2D eigenvalue weighted by molar-refractivity contribution is -0.143. The second-order valence-electron chi connectivity index (χ2n) is 3.97. The van der Waals surface area contributed by atoms with Crippen LogP contribution in [0.15, 0.2) is 6.07 Å². The molecular weight excluding hydrogens is 241 g/mol. The SMILES string of the molecule is Cn1nc(NC(=O)C(=O)N2CCNCC2)cc1F. The summed E-state index contributed by atoms with van der Waals surface area (Å²) in [5, 5.41) is 9.06. The van der Waals surface area contributed by atoms with Gasteiger partial charge in [0.2, 0.25) is 5.95 Å². The highest BCUT2D eigenvalue weighted by Crippen LogP contribution is 2.06. The number of rotatable bonds is 1. The molecule has 1 saturated heterocycles. The Labute approximate surface area is 103 Å². The fourth-order valence-electron chi connectivity index (χ4n) is 1.69. The number of carbonyl (C=O) groups is 2. The molecule has 1 aromatic heterocycles. The largest absolute Gasteiger partial charge is 0.332 e. The molecule has 2 rings (SSSR count). The molecule has 0 spiro atoms. The summed E-state index contributed by atoms with van der Waals surface area (Å²) in [4.78, 5) is 24.8. The Hall–Kier alpha value is -1.96. The quantitative estimate of drug-likeness (QED) is 0.626. The summed E-state index contributed by atoms with van der Waals surface area (Å²) in [5.41, 5.74) is 0. The van der Waals surface area contributed by atoms with Crippen molar-refractivity contribution in [3.8, 4) is 0 Å². The van der Waals surface area contributed by atoms with Crippen molar-refractivity contribution in [2.24, 2.45) is 7.05 Å². The van der Waals surface area contributed by atoms with Gasteiger partial charge in [-0.05, 0) is 0 Å². The number of aromatic nitrogens is 2. The first-order chi connectivity index (χ1) is 8.58. The monoisotopic (exact) mass is 255 g/mol. The zero-order valence-corrected chi connectivity index (χ0v) is 9.94. The van der Waals surface area contributed by atoms with Crippen LogP contribution in [0.1, 0.15) is 0 Å². The maximum Gasteiger partial charge on any atom is 0.315 e. The van der Waals surface area contributed by atoms with E-state index < -0.39 is 17.8 Å². The van der Waals surface area contributed by atoms with Crippen LogP contribution in [0.25, 0.3) is 0 Å². The van der Waals surface area contributed by atoms with E-state index in [2.05, 4.69) is 15.7 Å². The van der Waals surface area contributed by atoms with Crippen LogP contribution in [0.3, 0.4) is 0 Å². The molecule has 8 heteroatoms. The van der Waals surface area contributed by atoms with Gasteiger partial charge in [-0.25, -0.2) is 4.68 Å². The molecule has 0 bridgehead atoms. The number of aryl methyl sites for hydroxylation is 1. The molecule has 2 heterocycles. The molecule has 0 saturated carbocycles. The van der Waals surface area contributed by atoms with Gasteiger partial charge in [-0.15, -0.1) is 0 Å². The van der Waals surface area contributed by atoms with Gasteiger partial charge in [-0.2, -0.15) is 9.49 Å². The first kappa shape index (κ1) is 12.5. The minimum absolute atomic E-state index is 0.0310. The van der Waals surface area contributed by atoms with Crippen LogP contribution in [0.4, 0.5) is 10.2 Å². The molecule has 98 valence electrons. The van der Waals surface area contributed by atoms with Crippen molar-refractivity contribution >= 4 is 17.6 Å². The molecule has 0 atom stereocenters. The average Bonchev–Trinajstić information content (AvgIpc) is 2.68. The maximum atomic E-state index is 13.0. The van der Waals surface area contributed by atoms with Crippen molar-refractivity contribution < 1.29 is 14.0 Å². The summed E-state index contributed by atoms with van der Waals surface area (Å²) < 4.78 is 14.0.